The van der Waals surface area contributed by atoms with E-state index in [0.717, 1.165) is 41.5 Å². The second-order valence-electron chi connectivity index (χ2n) is 6.17. The number of aromatic nitrogens is 1. The summed E-state index contributed by atoms with van der Waals surface area (Å²) in [6.45, 7) is 0.371. The molecule has 0 N–H and O–H groups in total. The van der Waals surface area contributed by atoms with Crippen LogP contribution in [0.5, 0.6) is 0 Å². The lowest BCUT2D eigenvalue weighted by Gasteiger charge is -2.13. The van der Waals surface area contributed by atoms with Crippen molar-refractivity contribution >= 4 is 27.3 Å². The van der Waals surface area contributed by atoms with Gasteiger partial charge in [-0.15, -0.1) is 0 Å². The van der Waals surface area contributed by atoms with Gasteiger partial charge in [0.05, 0.1) is 18.5 Å². The summed E-state index contributed by atoms with van der Waals surface area (Å²) in [7, 11) is -1.73. The fourth-order valence-electron chi connectivity index (χ4n) is 2.79. The quantitative estimate of drug-likeness (QED) is 0.578. The fraction of sp³-hybridized carbons (Fsp3) is 0.333. The Morgan fingerprint density at radius 2 is 2.04 bits per heavy atom. The van der Waals surface area contributed by atoms with Crippen LogP contribution in [0.3, 0.4) is 0 Å². The summed E-state index contributed by atoms with van der Waals surface area (Å²) in [4.78, 5) is 9.93. The van der Waals surface area contributed by atoms with Gasteiger partial charge in [-0.05, 0) is 42.2 Å². The van der Waals surface area contributed by atoms with Gasteiger partial charge in [0, 0.05) is 23.8 Å². The van der Waals surface area contributed by atoms with Crippen LogP contribution in [0.25, 0.3) is 0 Å². The van der Waals surface area contributed by atoms with Crippen LogP contribution in [0.2, 0.25) is 5.02 Å². The predicted octanol–water partition coefficient (Wildman–Crippen LogP) is 2.49. The smallest absolute Gasteiger partial charge is 0.211 e. The second kappa shape index (κ2) is 7.73. The number of sulfonamides is 1. The van der Waals surface area contributed by atoms with Gasteiger partial charge in [-0.25, -0.2) is 12.7 Å². The molecule has 0 radical (unpaired) electrons. The normalized spacial score (nSPS) is 15.5. The van der Waals surface area contributed by atoms with Gasteiger partial charge < -0.3 is 4.84 Å². The van der Waals surface area contributed by atoms with Crippen LogP contribution < -0.4 is 0 Å². The van der Waals surface area contributed by atoms with Gasteiger partial charge in [-0.3, -0.25) is 4.98 Å². The van der Waals surface area contributed by atoms with Crippen molar-refractivity contribution in [2.45, 2.75) is 12.8 Å². The number of nitrogens with zero attached hydrogens (tertiary/aromatic N) is 3. The van der Waals surface area contributed by atoms with Crippen LogP contribution in [0.4, 0.5) is 0 Å². The molecular formula is C18H20ClN3O3S. The van der Waals surface area contributed by atoms with E-state index in [4.69, 9.17) is 16.4 Å². The summed E-state index contributed by atoms with van der Waals surface area (Å²) in [5.41, 5.74) is 4.54. The third kappa shape index (κ3) is 4.23. The topological polar surface area (TPSA) is 71.9 Å². The van der Waals surface area contributed by atoms with Crippen molar-refractivity contribution < 1.29 is 13.3 Å². The largest absolute Gasteiger partial charge is 0.394 e. The highest BCUT2D eigenvalue weighted by molar-refractivity contribution is 7.88. The second-order valence-corrected chi connectivity index (χ2v) is 8.70. The van der Waals surface area contributed by atoms with E-state index in [2.05, 4.69) is 10.1 Å². The van der Waals surface area contributed by atoms with Gasteiger partial charge in [0.15, 0.2) is 0 Å². The summed E-state index contributed by atoms with van der Waals surface area (Å²) in [6, 6.07) is 9.62. The molecule has 0 saturated heterocycles. The molecule has 6 nitrogen and oxygen atoms in total. The molecule has 0 saturated carbocycles. The van der Waals surface area contributed by atoms with E-state index in [-0.39, 0.29) is 13.2 Å². The van der Waals surface area contributed by atoms with E-state index in [1.54, 1.807) is 6.20 Å². The zero-order valence-electron chi connectivity index (χ0n) is 14.6. The van der Waals surface area contributed by atoms with Gasteiger partial charge in [0.25, 0.3) is 0 Å². The van der Waals surface area contributed by atoms with Crippen LogP contribution in [0.1, 0.15) is 22.4 Å². The molecule has 0 unspecified atom stereocenters. The maximum atomic E-state index is 11.4. The lowest BCUT2D eigenvalue weighted by molar-refractivity contribution is 0.136. The van der Waals surface area contributed by atoms with Crippen molar-refractivity contribution in [3.05, 3.63) is 63.9 Å². The average Bonchev–Trinajstić information content (AvgIpc) is 2.74. The summed E-state index contributed by atoms with van der Waals surface area (Å²) in [6.07, 6.45) is 4.56. The molecule has 26 heavy (non-hydrogen) atoms. The summed E-state index contributed by atoms with van der Waals surface area (Å²) in [5.74, 6) is 0. The Hall–Kier alpha value is -1.96. The summed E-state index contributed by atoms with van der Waals surface area (Å²) < 4.78 is 24.1. The fourth-order valence-corrected chi connectivity index (χ4v) is 3.39. The monoisotopic (exact) mass is 393 g/mol. The summed E-state index contributed by atoms with van der Waals surface area (Å²) >= 11 is 6.14. The van der Waals surface area contributed by atoms with E-state index in [0.29, 0.717) is 10.7 Å². The highest BCUT2D eigenvalue weighted by atomic mass is 35.5. The number of hydrogen-bond acceptors (Lipinski definition) is 5. The molecule has 8 heteroatoms. The van der Waals surface area contributed by atoms with Gasteiger partial charge in [-0.1, -0.05) is 28.9 Å². The van der Waals surface area contributed by atoms with E-state index >= 15 is 0 Å². The van der Waals surface area contributed by atoms with E-state index < -0.39 is 10.0 Å². The Morgan fingerprint density at radius 3 is 2.81 bits per heavy atom. The van der Waals surface area contributed by atoms with Gasteiger partial charge in [0.1, 0.15) is 12.3 Å². The van der Waals surface area contributed by atoms with Gasteiger partial charge >= 0.3 is 0 Å². The first-order valence-electron chi connectivity index (χ1n) is 8.20. The molecular weight excluding hydrogens is 374 g/mol. The Kier molecular flexibility index (Phi) is 5.60. The molecule has 0 spiro atoms. The molecule has 0 aliphatic heterocycles. The molecule has 138 valence electrons. The number of pyridine rings is 1. The molecule has 0 atom stereocenters. The first-order valence-corrected chi connectivity index (χ1v) is 10.4. The van der Waals surface area contributed by atoms with E-state index in [1.807, 2.05) is 30.3 Å². The highest BCUT2D eigenvalue weighted by Crippen LogP contribution is 2.26. The lowest BCUT2D eigenvalue weighted by atomic mass is 10.0. The number of fused-ring (bicyclic) bond motifs is 2. The third-order valence-electron chi connectivity index (χ3n) is 4.32. The number of aryl methyl sites for hydroxylation is 2. The number of hydrogen-bond donors (Lipinski definition) is 0. The molecule has 0 amide bonds. The minimum atomic E-state index is -3.24. The Labute approximate surface area is 158 Å². The average molecular weight is 394 g/mol. The molecule has 1 aromatic carbocycles. The molecule has 1 aromatic heterocycles. The maximum absolute atomic E-state index is 11.4. The van der Waals surface area contributed by atoms with Crippen LogP contribution in [-0.2, 0) is 27.7 Å². The van der Waals surface area contributed by atoms with Gasteiger partial charge in [0.2, 0.25) is 10.0 Å². The number of benzene rings is 1. The molecule has 3 rings (SSSR count). The SMILES string of the molecule is CN(CCO/N=C1\c2ccc(Cl)cc2CCc2cccnc21)S(C)(=O)=O. The first kappa shape index (κ1) is 18.8. The first-order chi connectivity index (χ1) is 12.4. The van der Waals surface area contributed by atoms with Crippen LogP contribution >= 0.6 is 11.6 Å². The van der Waals surface area contributed by atoms with E-state index in [9.17, 15) is 8.42 Å². The van der Waals surface area contributed by atoms with E-state index in [1.165, 1.54) is 11.4 Å². The predicted molar refractivity (Wildman–Crippen MR) is 102 cm³/mol. The molecule has 1 heterocycles. The standard InChI is InChI=1S/C18H20ClN3O3S/c1-22(26(2,23)24)10-11-25-21-18-16-8-7-15(19)12-14(16)6-5-13-4-3-9-20-17(13)18/h3-4,7-9,12H,5-6,10-11H2,1-2H3/b21-18+. The number of oxime groups is 1. The maximum Gasteiger partial charge on any atom is 0.211 e. The van der Waals surface area contributed by atoms with Crippen molar-refractivity contribution in [2.24, 2.45) is 5.16 Å². The van der Waals surface area contributed by atoms with Crippen LogP contribution in [-0.4, -0.2) is 49.9 Å². The number of likely N-dealkylation sites (N-methyl/N-ethyl adjacent to an activating group) is 1. The summed E-state index contributed by atoms with van der Waals surface area (Å²) in [5, 5.41) is 4.98. The van der Waals surface area contributed by atoms with Crippen LogP contribution in [0.15, 0.2) is 41.7 Å². The molecule has 1 aliphatic carbocycles. The zero-order chi connectivity index (χ0) is 18.7. The molecule has 0 fully saturated rings. The highest BCUT2D eigenvalue weighted by Gasteiger charge is 2.21. The minimum Gasteiger partial charge on any atom is -0.394 e. The Bertz CT molecular complexity index is 944. The Balaban J connectivity index is 1.89. The van der Waals surface area contributed by atoms with Gasteiger partial charge in [-0.2, -0.15) is 0 Å². The molecule has 0 bridgehead atoms. The Morgan fingerprint density at radius 1 is 1.27 bits per heavy atom. The van der Waals surface area contributed by atoms with Crippen molar-refractivity contribution in [1.82, 2.24) is 9.29 Å². The van der Waals surface area contributed by atoms with Crippen molar-refractivity contribution in [1.29, 1.82) is 0 Å². The van der Waals surface area contributed by atoms with Crippen LogP contribution in [0, 0.1) is 0 Å². The molecule has 2 aromatic rings. The number of halogens is 1. The zero-order valence-corrected chi connectivity index (χ0v) is 16.2. The minimum absolute atomic E-state index is 0.151. The van der Waals surface area contributed by atoms with Crippen molar-refractivity contribution in [3.63, 3.8) is 0 Å². The van der Waals surface area contributed by atoms with Crippen molar-refractivity contribution in [2.75, 3.05) is 26.5 Å². The van der Waals surface area contributed by atoms with Crippen molar-refractivity contribution in [3.8, 4) is 0 Å². The number of rotatable bonds is 5. The molecule has 1 aliphatic rings. The lowest BCUT2D eigenvalue weighted by Crippen LogP contribution is -2.28. The third-order valence-corrected chi connectivity index (χ3v) is 5.87.